The van der Waals surface area contributed by atoms with E-state index in [0.717, 1.165) is 7.11 Å². The number of carbonyl (C=O) groups is 5. The molecular formula is C21H21NO8. The minimum Gasteiger partial charge on any atom is -0.507 e. The van der Waals surface area contributed by atoms with Gasteiger partial charge in [0.1, 0.15) is 5.75 Å². The summed E-state index contributed by atoms with van der Waals surface area (Å²) in [5, 5.41) is 21.4. The summed E-state index contributed by atoms with van der Waals surface area (Å²) in [6.07, 6.45) is -1.87. The number of phenols is 1. The van der Waals surface area contributed by atoms with E-state index in [-0.39, 0.29) is 11.3 Å². The number of carbonyl (C=O) groups excluding carboxylic acids is 5. The quantitative estimate of drug-likeness (QED) is 0.545. The van der Waals surface area contributed by atoms with Crippen molar-refractivity contribution in [2.45, 2.75) is 31.0 Å². The number of benzene rings is 1. The van der Waals surface area contributed by atoms with Crippen LogP contribution < -0.4 is 5.73 Å². The van der Waals surface area contributed by atoms with Gasteiger partial charge in [0.15, 0.2) is 34.7 Å². The van der Waals surface area contributed by atoms with Crippen LogP contribution >= 0.6 is 0 Å². The molecule has 158 valence electrons. The highest BCUT2D eigenvalue weighted by Crippen LogP contribution is 2.54. The van der Waals surface area contributed by atoms with E-state index >= 15 is 0 Å². The van der Waals surface area contributed by atoms with Gasteiger partial charge in [-0.2, -0.15) is 0 Å². The lowest BCUT2D eigenvalue weighted by Gasteiger charge is -2.54. The van der Waals surface area contributed by atoms with Crippen molar-refractivity contribution in [2.75, 3.05) is 7.11 Å². The van der Waals surface area contributed by atoms with Gasteiger partial charge in [-0.25, -0.2) is 0 Å². The number of ketones is 4. The molecule has 0 aromatic heterocycles. The molecule has 2 saturated carbocycles. The normalized spacial score (nSPS) is 38.0. The van der Waals surface area contributed by atoms with Crippen LogP contribution in [0, 0.1) is 23.7 Å². The Balaban J connectivity index is 1.93. The van der Waals surface area contributed by atoms with Crippen molar-refractivity contribution in [3.63, 3.8) is 0 Å². The SMILES string of the molecule is CO[C@@]12C(=O)C(C(N)=O)C(=O)C[C@@H]1[C@@H](O)[C@H]1C(C(=O)c3c(O)cccc3[C@@H]1C)C2=O. The third-order valence-electron chi connectivity index (χ3n) is 7.01. The van der Waals surface area contributed by atoms with E-state index in [2.05, 4.69) is 0 Å². The summed E-state index contributed by atoms with van der Waals surface area (Å²) in [6, 6.07) is 4.50. The molecule has 7 atom stereocenters. The number of hydrogen-bond donors (Lipinski definition) is 3. The average molecular weight is 415 g/mol. The summed E-state index contributed by atoms with van der Waals surface area (Å²) in [5.41, 5.74) is 3.31. The number of rotatable bonds is 2. The highest BCUT2D eigenvalue weighted by molar-refractivity contribution is 6.31. The van der Waals surface area contributed by atoms with Crippen LogP contribution in [0.1, 0.15) is 35.2 Å². The maximum atomic E-state index is 13.6. The van der Waals surface area contributed by atoms with Gasteiger partial charge in [0.05, 0.1) is 17.6 Å². The third kappa shape index (κ3) is 2.27. The molecule has 1 aromatic rings. The van der Waals surface area contributed by atoms with E-state index in [4.69, 9.17) is 10.5 Å². The zero-order chi connectivity index (χ0) is 22.1. The predicted octanol–water partition coefficient (Wildman–Crippen LogP) is -0.487. The summed E-state index contributed by atoms with van der Waals surface area (Å²) < 4.78 is 5.32. The molecule has 0 saturated heterocycles. The van der Waals surface area contributed by atoms with Crippen LogP contribution in [0.2, 0.25) is 0 Å². The first-order valence-corrected chi connectivity index (χ1v) is 9.59. The molecule has 2 unspecified atom stereocenters. The number of nitrogens with two attached hydrogens (primary N) is 1. The van der Waals surface area contributed by atoms with E-state index in [1.807, 2.05) is 0 Å². The van der Waals surface area contributed by atoms with Crippen molar-refractivity contribution in [1.29, 1.82) is 0 Å². The minimum atomic E-state index is -2.34. The van der Waals surface area contributed by atoms with Crippen LogP contribution in [0.5, 0.6) is 5.75 Å². The van der Waals surface area contributed by atoms with Gasteiger partial charge in [0.25, 0.3) is 0 Å². The molecule has 1 aromatic carbocycles. The standard InChI is InChI=1S/C21H21NO8/c1-7-8-4-3-5-10(23)13(8)17(26)15-12(7)16(25)9-6-11(24)14(20(22)29)18(27)21(9,30-2)19(15)28/h3-5,7,9,12,14-16,23,25H,6H2,1-2H3,(H2,22,29)/t7-,9+,12+,14?,15?,16+,21+/m0/s1. The Kier molecular flexibility index (Phi) is 4.44. The lowest BCUT2D eigenvalue weighted by Crippen LogP contribution is -2.73. The number of fused-ring (bicyclic) bond motifs is 3. The van der Waals surface area contributed by atoms with E-state index in [1.54, 1.807) is 19.1 Å². The van der Waals surface area contributed by atoms with Gasteiger partial charge in [-0.3, -0.25) is 24.0 Å². The molecule has 0 bridgehead atoms. The molecular weight excluding hydrogens is 394 g/mol. The zero-order valence-corrected chi connectivity index (χ0v) is 16.3. The molecule has 0 heterocycles. The lowest BCUT2D eigenvalue weighted by atomic mass is 9.50. The molecule has 0 spiro atoms. The smallest absolute Gasteiger partial charge is 0.235 e. The van der Waals surface area contributed by atoms with E-state index in [0.29, 0.717) is 5.56 Å². The zero-order valence-electron chi connectivity index (χ0n) is 16.3. The largest absolute Gasteiger partial charge is 0.507 e. The molecule has 0 radical (unpaired) electrons. The number of methoxy groups -OCH3 is 1. The van der Waals surface area contributed by atoms with Gasteiger partial charge in [-0.15, -0.1) is 0 Å². The Labute approximate surface area is 171 Å². The fourth-order valence-corrected chi connectivity index (χ4v) is 5.65. The first kappa shape index (κ1) is 20.4. The number of phenolic OH excluding ortho intramolecular Hbond substituents is 1. The minimum absolute atomic E-state index is 0.0395. The molecule has 3 aliphatic carbocycles. The second kappa shape index (κ2) is 6.55. The highest BCUT2D eigenvalue weighted by atomic mass is 16.5. The van der Waals surface area contributed by atoms with E-state index in [9.17, 15) is 34.2 Å². The number of Topliss-reactive ketones (excluding diaryl/α,β-unsaturated/α-hetero) is 4. The summed E-state index contributed by atoms with van der Waals surface area (Å²) in [5.74, 6) is -11.2. The van der Waals surface area contributed by atoms with Gasteiger partial charge < -0.3 is 20.7 Å². The second-order valence-electron chi connectivity index (χ2n) is 8.22. The predicted molar refractivity (Wildman–Crippen MR) is 99.4 cm³/mol. The van der Waals surface area contributed by atoms with Crippen LogP contribution in [0.3, 0.4) is 0 Å². The maximum absolute atomic E-state index is 13.6. The first-order chi connectivity index (χ1) is 14.1. The number of aliphatic hydroxyl groups excluding tert-OH is 1. The summed E-state index contributed by atoms with van der Waals surface area (Å²) in [4.78, 5) is 64.3. The van der Waals surface area contributed by atoms with Gasteiger partial charge in [0, 0.05) is 25.4 Å². The molecule has 30 heavy (non-hydrogen) atoms. The Hall–Kier alpha value is -2.91. The first-order valence-electron chi connectivity index (χ1n) is 9.59. The third-order valence-corrected chi connectivity index (χ3v) is 7.01. The summed E-state index contributed by atoms with van der Waals surface area (Å²) >= 11 is 0. The van der Waals surface area contributed by atoms with Crippen molar-refractivity contribution in [1.82, 2.24) is 0 Å². The molecule has 9 heteroatoms. The fraction of sp³-hybridized carbons (Fsp3) is 0.476. The van der Waals surface area contributed by atoms with Crippen molar-refractivity contribution < 1.29 is 38.9 Å². The van der Waals surface area contributed by atoms with E-state index < -0.39 is 76.8 Å². The van der Waals surface area contributed by atoms with E-state index in [1.165, 1.54) is 6.07 Å². The van der Waals surface area contributed by atoms with Crippen LogP contribution in [-0.2, 0) is 23.9 Å². The van der Waals surface area contributed by atoms with Gasteiger partial charge in [0.2, 0.25) is 5.91 Å². The highest BCUT2D eigenvalue weighted by Gasteiger charge is 2.70. The molecule has 4 rings (SSSR count). The molecule has 3 aliphatic rings. The second-order valence-corrected chi connectivity index (χ2v) is 8.22. The van der Waals surface area contributed by atoms with Gasteiger partial charge in [-0.1, -0.05) is 19.1 Å². The summed E-state index contributed by atoms with van der Waals surface area (Å²) in [7, 11) is 1.06. The summed E-state index contributed by atoms with van der Waals surface area (Å²) in [6.45, 7) is 1.71. The molecule has 2 fully saturated rings. The lowest BCUT2D eigenvalue weighted by molar-refractivity contribution is -0.194. The maximum Gasteiger partial charge on any atom is 0.235 e. The number of aliphatic hydroxyl groups is 1. The van der Waals surface area contributed by atoms with Crippen molar-refractivity contribution in [3.05, 3.63) is 29.3 Å². The molecule has 1 amide bonds. The van der Waals surface area contributed by atoms with Crippen LogP contribution in [0.4, 0.5) is 0 Å². The van der Waals surface area contributed by atoms with Crippen LogP contribution in [0.15, 0.2) is 18.2 Å². The topological polar surface area (TPSA) is 161 Å². The Bertz CT molecular complexity index is 1020. The number of primary amides is 1. The fourth-order valence-electron chi connectivity index (χ4n) is 5.65. The van der Waals surface area contributed by atoms with Crippen LogP contribution in [-0.4, -0.2) is 58.1 Å². The van der Waals surface area contributed by atoms with Gasteiger partial charge >= 0.3 is 0 Å². The van der Waals surface area contributed by atoms with Crippen molar-refractivity contribution in [2.24, 2.45) is 29.4 Å². The Morgan fingerprint density at radius 2 is 1.87 bits per heavy atom. The number of hydrogen-bond acceptors (Lipinski definition) is 8. The van der Waals surface area contributed by atoms with Crippen LogP contribution in [0.25, 0.3) is 0 Å². The number of amides is 1. The molecule has 4 N–H and O–H groups in total. The number of ether oxygens (including phenoxy) is 1. The van der Waals surface area contributed by atoms with Crippen molar-refractivity contribution in [3.8, 4) is 5.75 Å². The van der Waals surface area contributed by atoms with Crippen molar-refractivity contribution >= 4 is 29.0 Å². The Morgan fingerprint density at radius 3 is 2.47 bits per heavy atom. The van der Waals surface area contributed by atoms with Gasteiger partial charge in [-0.05, 0) is 17.5 Å². The monoisotopic (exact) mass is 415 g/mol. The Morgan fingerprint density at radius 1 is 1.20 bits per heavy atom. The molecule has 9 nitrogen and oxygen atoms in total. The molecule has 0 aliphatic heterocycles. The number of aromatic hydroxyl groups is 1. The average Bonchev–Trinajstić information content (AvgIpc) is 2.68.